The molecule has 246 valence electrons. The second-order valence-corrected chi connectivity index (χ2v) is 16.3. The zero-order chi connectivity index (χ0) is 31.9. The molecule has 14 heteroatoms. The zero-order valence-electron chi connectivity index (χ0n) is 25.6. The van der Waals surface area contributed by atoms with E-state index >= 15 is 0 Å². The molecule has 1 aromatic heterocycles. The quantitative estimate of drug-likeness (QED) is 0.297. The van der Waals surface area contributed by atoms with E-state index in [2.05, 4.69) is 18.7 Å². The van der Waals surface area contributed by atoms with E-state index in [9.17, 15) is 31.1 Å². The third-order valence-electron chi connectivity index (χ3n) is 9.07. The Labute approximate surface area is 261 Å². The number of likely N-dealkylation sites (tertiary alicyclic amines) is 2. The molecular formula is C30H43F4N5O3S2. The number of hydrogen-bond donors (Lipinski definition) is 1. The summed E-state index contributed by atoms with van der Waals surface area (Å²) in [6.45, 7) is 8.67. The molecule has 3 aliphatic heterocycles. The summed E-state index contributed by atoms with van der Waals surface area (Å²) in [5, 5.41) is 15.9. The van der Waals surface area contributed by atoms with E-state index in [1.54, 1.807) is 4.68 Å². The third-order valence-corrected chi connectivity index (χ3v) is 11.4. The predicted octanol–water partition coefficient (Wildman–Crippen LogP) is 4.51. The average molecular weight is 662 g/mol. The lowest BCUT2D eigenvalue weighted by Gasteiger charge is -2.37. The molecule has 3 aliphatic rings. The molecule has 8 nitrogen and oxygen atoms in total. The van der Waals surface area contributed by atoms with Gasteiger partial charge in [-0.2, -0.15) is 22.6 Å². The SMILES string of the molecule is CC1(C)CCN(C[C@H](O)Cn2nc(-c3ccc(C(F)(F)F)c(SCCN4CC[C@H](F)C4)c3)c3c2CCN(S(C)(=O)=O)C3)CC1. The highest BCUT2D eigenvalue weighted by atomic mass is 32.2. The Morgan fingerprint density at radius 1 is 1.11 bits per heavy atom. The molecular weight excluding hydrogens is 618 g/mol. The Balaban J connectivity index is 1.41. The van der Waals surface area contributed by atoms with Crippen LogP contribution in [0.4, 0.5) is 17.6 Å². The van der Waals surface area contributed by atoms with Gasteiger partial charge < -0.3 is 10.0 Å². The monoisotopic (exact) mass is 661 g/mol. The fourth-order valence-corrected chi connectivity index (χ4v) is 8.23. The minimum atomic E-state index is -4.56. The molecule has 2 aromatic rings. The van der Waals surface area contributed by atoms with Crippen molar-refractivity contribution in [1.82, 2.24) is 23.9 Å². The van der Waals surface area contributed by atoms with Gasteiger partial charge in [0.15, 0.2) is 0 Å². The number of aromatic nitrogens is 2. The maximum absolute atomic E-state index is 14.0. The number of β-amino-alcohol motifs (C(OH)–C–C–N with tert-alkyl or cyclic N) is 1. The molecule has 0 amide bonds. The molecule has 0 saturated carbocycles. The molecule has 2 fully saturated rings. The van der Waals surface area contributed by atoms with E-state index in [0.29, 0.717) is 61.6 Å². The van der Waals surface area contributed by atoms with E-state index in [0.717, 1.165) is 55.7 Å². The van der Waals surface area contributed by atoms with Crippen molar-refractivity contribution in [2.45, 2.75) is 76.0 Å². The standard InChI is InChI=1S/C30H43F4N5O3S2/c1-29(2)8-12-37(13-9-29)18-23(40)19-39-26-7-11-38(44(3,41)42)20-24(26)28(35-39)21-4-5-25(30(32,33)34)27(16-21)43-15-14-36-10-6-22(31)17-36/h4-5,16,22-23,40H,6-15,17-20H2,1-3H3/t22-,23-/m0/s1. The van der Waals surface area contributed by atoms with Gasteiger partial charge in [-0.25, -0.2) is 12.8 Å². The van der Waals surface area contributed by atoms with Gasteiger partial charge in [-0.15, -0.1) is 11.8 Å². The van der Waals surface area contributed by atoms with Gasteiger partial charge in [-0.05, 0) is 49.9 Å². The number of halogens is 4. The smallest absolute Gasteiger partial charge is 0.390 e. The van der Waals surface area contributed by atoms with Crippen LogP contribution < -0.4 is 0 Å². The van der Waals surface area contributed by atoms with Crippen LogP contribution in [0.5, 0.6) is 0 Å². The van der Waals surface area contributed by atoms with Crippen molar-refractivity contribution in [3.05, 3.63) is 35.0 Å². The van der Waals surface area contributed by atoms with Crippen LogP contribution in [0.1, 0.15) is 49.9 Å². The molecule has 0 radical (unpaired) electrons. The molecule has 2 saturated heterocycles. The van der Waals surface area contributed by atoms with E-state index in [1.807, 2.05) is 4.90 Å². The van der Waals surface area contributed by atoms with Gasteiger partial charge >= 0.3 is 6.18 Å². The van der Waals surface area contributed by atoms with Crippen molar-refractivity contribution in [3.8, 4) is 11.3 Å². The summed E-state index contributed by atoms with van der Waals surface area (Å²) in [4.78, 5) is 4.22. The van der Waals surface area contributed by atoms with Crippen LogP contribution in [0.25, 0.3) is 11.3 Å². The Bertz CT molecular complexity index is 1420. The van der Waals surface area contributed by atoms with Crippen molar-refractivity contribution in [2.24, 2.45) is 5.41 Å². The first kappa shape index (κ1) is 33.6. The lowest BCUT2D eigenvalue weighted by atomic mass is 9.82. The van der Waals surface area contributed by atoms with Crippen molar-refractivity contribution in [3.63, 3.8) is 0 Å². The highest BCUT2D eigenvalue weighted by Crippen LogP contribution is 2.40. The number of fused-ring (bicyclic) bond motifs is 1. The average Bonchev–Trinajstić information content (AvgIpc) is 3.51. The fourth-order valence-electron chi connectivity index (χ4n) is 6.32. The summed E-state index contributed by atoms with van der Waals surface area (Å²) >= 11 is 1.08. The Hall–Kier alpha value is -1.71. The number of aliphatic hydroxyl groups is 1. The number of nitrogens with zero attached hydrogens (tertiary/aromatic N) is 5. The molecule has 0 spiro atoms. The largest absolute Gasteiger partial charge is 0.417 e. The second-order valence-electron chi connectivity index (χ2n) is 13.2. The summed E-state index contributed by atoms with van der Waals surface area (Å²) in [5.74, 6) is 0.369. The maximum atomic E-state index is 14.0. The van der Waals surface area contributed by atoms with Crippen LogP contribution in [0.3, 0.4) is 0 Å². The Morgan fingerprint density at radius 3 is 2.48 bits per heavy atom. The molecule has 2 atom stereocenters. The Morgan fingerprint density at radius 2 is 1.84 bits per heavy atom. The molecule has 0 bridgehead atoms. The topological polar surface area (TPSA) is 81.9 Å². The maximum Gasteiger partial charge on any atom is 0.417 e. The van der Waals surface area contributed by atoms with E-state index in [1.165, 1.54) is 16.4 Å². The van der Waals surface area contributed by atoms with Crippen LogP contribution in [0, 0.1) is 5.41 Å². The number of piperidine rings is 1. The van der Waals surface area contributed by atoms with Gasteiger partial charge in [0.05, 0.1) is 30.2 Å². The van der Waals surface area contributed by atoms with Crippen LogP contribution in [-0.4, -0.2) is 108 Å². The third kappa shape index (κ3) is 8.16. The first-order valence-corrected chi connectivity index (χ1v) is 18.1. The van der Waals surface area contributed by atoms with Crippen molar-refractivity contribution in [2.75, 3.05) is 57.8 Å². The molecule has 0 unspecified atom stereocenters. The summed E-state index contributed by atoms with van der Waals surface area (Å²) in [6.07, 6.45) is -2.11. The first-order valence-electron chi connectivity index (χ1n) is 15.2. The van der Waals surface area contributed by atoms with Crippen molar-refractivity contribution >= 4 is 21.8 Å². The molecule has 1 aromatic carbocycles. The number of alkyl halides is 4. The molecule has 1 N–H and O–H groups in total. The van der Waals surface area contributed by atoms with Crippen LogP contribution >= 0.6 is 11.8 Å². The number of sulfonamides is 1. The number of rotatable bonds is 10. The number of thioether (sulfide) groups is 1. The highest BCUT2D eigenvalue weighted by Gasteiger charge is 2.35. The number of hydrogen-bond acceptors (Lipinski definition) is 7. The van der Waals surface area contributed by atoms with Gasteiger partial charge in [-0.3, -0.25) is 9.58 Å². The fraction of sp³-hybridized carbons (Fsp3) is 0.700. The van der Waals surface area contributed by atoms with Gasteiger partial charge in [0.2, 0.25) is 10.0 Å². The summed E-state index contributed by atoms with van der Waals surface area (Å²) in [6, 6.07) is 3.92. The highest BCUT2D eigenvalue weighted by molar-refractivity contribution is 7.99. The van der Waals surface area contributed by atoms with Gasteiger partial charge in [0.1, 0.15) is 6.17 Å². The van der Waals surface area contributed by atoms with Gasteiger partial charge in [0.25, 0.3) is 0 Å². The number of benzene rings is 1. The van der Waals surface area contributed by atoms with Crippen molar-refractivity contribution < 1.29 is 31.1 Å². The molecule has 44 heavy (non-hydrogen) atoms. The van der Waals surface area contributed by atoms with E-state index in [-0.39, 0.29) is 29.9 Å². The van der Waals surface area contributed by atoms with Crippen LogP contribution in [-0.2, 0) is 35.7 Å². The van der Waals surface area contributed by atoms with Crippen LogP contribution in [0.2, 0.25) is 0 Å². The lowest BCUT2D eigenvalue weighted by Crippen LogP contribution is -2.42. The zero-order valence-corrected chi connectivity index (χ0v) is 27.2. The minimum absolute atomic E-state index is 0.0538. The summed E-state index contributed by atoms with van der Waals surface area (Å²) in [5.41, 5.74) is 1.87. The minimum Gasteiger partial charge on any atom is -0.390 e. The lowest BCUT2D eigenvalue weighted by molar-refractivity contribution is -0.139. The van der Waals surface area contributed by atoms with Gasteiger partial charge in [-0.1, -0.05) is 19.9 Å². The Kier molecular flexibility index (Phi) is 10.1. The predicted molar refractivity (Wildman–Crippen MR) is 164 cm³/mol. The summed E-state index contributed by atoms with van der Waals surface area (Å²) < 4.78 is 83.6. The van der Waals surface area contributed by atoms with Crippen LogP contribution in [0.15, 0.2) is 23.1 Å². The molecule has 5 rings (SSSR count). The van der Waals surface area contributed by atoms with E-state index in [4.69, 9.17) is 5.10 Å². The normalized spacial score (nSPS) is 22.8. The first-order chi connectivity index (χ1) is 20.6. The van der Waals surface area contributed by atoms with Crippen molar-refractivity contribution in [1.29, 1.82) is 0 Å². The molecule has 0 aliphatic carbocycles. The number of aliphatic hydroxyl groups excluding tert-OH is 1. The second kappa shape index (κ2) is 13.2. The summed E-state index contributed by atoms with van der Waals surface area (Å²) in [7, 11) is -3.51. The van der Waals surface area contributed by atoms with Gasteiger partial charge in [0, 0.05) is 73.2 Å². The molecule has 4 heterocycles. The van der Waals surface area contributed by atoms with E-state index < -0.39 is 34.0 Å².